The van der Waals surface area contributed by atoms with Crippen LogP contribution in [0.3, 0.4) is 0 Å². The van der Waals surface area contributed by atoms with E-state index < -0.39 is 17.6 Å². The Morgan fingerprint density at radius 3 is 2.24 bits per heavy atom. The van der Waals surface area contributed by atoms with E-state index in [1.165, 1.54) is 30.3 Å². The normalized spacial score (nSPS) is 10.3. The van der Waals surface area contributed by atoms with E-state index in [0.717, 1.165) is 5.56 Å². The van der Waals surface area contributed by atoms with Gasteiger partial charge in [-0.3, -0.25) is 20.4 Å². The van der Waals surface area contributed by atoms with Crippen LogP contribution in [-0.4, -0.2) is 11.8 Å². The van der Waals surface area contributed by atoms with Gasteiger partial charge in [-0.25, -0.2) is 4.39 Å². The predicted octanol–water partition coefficient (Wildman–Crippen LogP) is 2.30. The molecule has 0 fully saturated rings. The highest BCUT2D eigenvalue weighted by Gasteiger charge is 2.05. The van der Waals surface area contributed by atoms with Crippen molar-refractivity contribution in [2.75, 3.05) is 0 Å². The SMILES string of the molecule is O=C(/C=C/c1ccccc1)NNC(=O)c1ccc(F)cc1. The van der Waals surface area contributed by atoms with Crippen molar-refractivity contribution in [1.82, 2.24) is 10.9 Å². The summed E-state index contributed by atoms with van der Waals surface area (Å²) >= 11 is 0. The van der Waals surface area contributed by atoms with Crippen LogP contribution in [-0.2, 0) is 4.79 Å². The number of carbonyl (C=O) groups is 2. The third-order valence-electron chi connectivity index (χ3n) is 2.63. The van der Waals surface area contributed by atoms with Crippen molar-refractivity contribution in [3.63, 3.8) is 0 Å². The molecule has 4 nitrogen and oxygen atoms in total. The van der Waals surface area contributed by atoms with E-state index in [4.69, 9.17) is 0 Å². The maximum absolute atomic E-state index is 12.7. The molecule has 0 heterocycles. The number of halogens is 1. The van der Waals surface area contributed by atoms with Gasteiger partial charge in [0.25, 0.3) is 11.8 Å². The Morgan fingerprint density at radius 2 is 1.57 bits per heavy atom. The molecule has 5 heteroatoms. The van der Waals surface area contributed by atoms with Crippen LogP contribution in [0.25, 0.3) is 6.08 Å². The molecule has 0 radical (unpaired) electrons. The standard InChI is InChI=1S/C16H13FN2O2/c17-14-9-7-13(8-10-14)16(21)19-18-15(20)11-6-12-4-2-1-3-5-12/h1-11H,(H,18,20)(H,19,21)/b11-6+. The first-order chi connectivity index (χ1) is 10.1. The zero-order valence-electron chi connectivity index (χ0n) is 11.0. The lowest BCUT2D eigenvalue weighted by Gasteiger charge is -2.05. The fourth-order valence-electron chi connectivity index (χ4n) is 1.57. The first-order valence-corrected chi connectivity index (χ1v) is 6.24. The quantitative estimate of drug-likeness (QED) is 0.671. The minimum absolute atomic E-state index is 0.253. The highest BCUT2D eigenvalue weighted by Crippen LogP contribution is 2.02. The van der Waals surface area contributed by atoms with Crippen LogP contribution in [0, 0.1) is 5.82 Å². The minimum atomic E-state index is -0.517. The van der Waals surface area contributed by atoms with Gasteiger partial charge in [-0.1, -0.05) is 30.3 Å². The summed E-state index contributed by atoms with van der Waals surface area (Å²) in [4.78, 5) is 23.2. The van der Waals surface area contributed by atoms with Crippen LogP contribution in [0.2, 0.25) is 0 Å². The Kier molecular flexibility index (Phi) is 4.82. The second-order valence-corrected chi connectivity index (χ2v) is 4.19. The molecule has 2 aromatic carbocycles. The van der Waals surface area contributed by atoms with Gasteiger partial charge in [0.05, 0.1) is 0 Å². The molecule has 0 unspecified atom stereocenters. The van der Waals surface area contributed by atoms with E-state index in [1.54, 1.807) is 6.08 Å². The third-order valence-corrected chi connectivity index (χ3v) is 2.63. The molecular weight excluding hydrogens is 271 g/mol. The molecule has 0 aliphatic heterocycles. The second-order valence-electron chi connectivity index (χ2n) is 4.19. The first kappa shape index (κ1) is 14.5. The third kappa shape index (κ3) is 4.58. The average molecular weight is 284 g/mol. The number of hydrogen-bond acceptors (Lipinski definition) is 2. The van der Waals surface area contributed by atoms with Gasteiger partial charge in [0, 0.05) is 11.6 Å². The van der Waals surface area contributed by atoms with E-state index in [1.807, 2.05) is 30.3 Å². The topological polar surface area (TPSA) is 58.2 Å². The van der Waals surface area contributed by atoms with Crippen LogP contribution in [0.15, 0.2) is 60.7 Å². The molecule has 0 aromatic heterocycles. The summed E-state index contributed by atoms with van der Waals surface area (Å²) in [5.74, 6) is -1.41. The number of benzene rings is 2. The molecule has 2 N–H and O–H groups in total. The zero-order chi connectivity index (χ0) is 15.1. The molecule has 0 saturated heterocycles. The molecule has 0 atom stereocenters. The van der Waals surface area contributed by atoms with Gasteiger partial charge in [-0.2, -0.15) is 0 Å². The summed E-state index contributed by atoms with van der Waals surface area (Å²) in [6, 6.07) is 14.3. The lowest BCUT2D eigenvalue weighted by Crippen LogP contribution is -2.40. The second kappa shape index (κ2) is 7.00. The van der Waals surface area contributed by atoms with Crippen LogP contribution in [0.4, 0.5) is 4.39 Å². The molecule has 0 aliphatic rings. The van der Waals surface area contributed by atoms with Gasteiger partial charge in [0.2, 0.25) is 0 Å². The predicted molar refractivity (Wildman–Crippen MR) is 77.5 cm³/mol. The van der Waals surface area contributed by atoms with Crippen molar-refractivity contribution in [2.45, 2.75) is 0 Å². The molecule has 2 aromatic rings. The largest absolute Gasteiger partial charge is 0.269 e. The van der Waals surface area contributed by atoms with Gasteiger partial charge < -0.3 is 0 Å². The molecule has 2 rings (SSSR count). The van der Waals surface area contributed by atoms with Gasteiger partial charge >= 0.3 is 0 Å². The number of hydrogen-bond donors (Lipinski definition) is 2. The Labute approximate surface area is 121 Å². The maximum atomic E-state index is 12.7. The Bertz CT molecular complexity index is 652. The van der Waals surface area contributed by atoms with Crippen molar-refractivity contribution in [3.8, 4) is 0 Å². The van der Waals surface area contributed by atoms with E-state index >= 15 is 0 Å². The Morgan fingerprint density at radius 1 is 0.905 bits per heavy atom. The molecule has 106 valence electrons. The molecule has 2 amide bonds. The van der Waals surface area contributed by atoms with Crippen molar-refractivity contribution < 1.29 is 14.0 Å². The number of rotatable bonds is 3. The van der Waals surface area contributed by atoms with Crippen LogP contribution < -0.4 is 10.9 Å². The van der Waals surface area contributed by atoms with Crippen LogP contribution >= 0.6 is 0 Å². The molecule has 0 aliphatic carbocycles. The Balaban J connectivity index is 1.85. The van der Waals surface area contributed by atoms with Gasteiger partial charge in [0.1, 0.15) is 5.82 Å². The number of amides is 2. The first-order valence-electron chi connectivity index (χ1n) is 6.24. The van der Waals surface area contributed by atoms with E-state index in [2.05, 4.69) is 10.9 Å². The van der Waals surface area contributed by atoms with Crippen LogP contribution in [0.1, 0.15) is 15.9 Å². The van der Waals surface area contributed by atoms with Crippen molar-refractivity contribution >= 4 is 17.9 Å². The Hall–Kier alpha value is -2.95. The summed E-state index contributed by atoms with van der Waals surface area (Å²) in [6.45, 7) is 0. The molecule has 0 spiro atoms. The smallest absolute Gasteiger partial charge is 0.268 e. The highest BCUT2D eigenvalue weighted by molar-refractivity contribution is 5.97. The number of carbonyl (C=O) groups excluding carboxylic acids is 2. The van der Waals surface area contributed by atoms with Crippen molar-refractivity contribution in [1.29, 1.82) is 0 Å². The van der Waals surface area contributed by atoms with E-state index in [0.29, 0.717) is 0 Å². The highest BCUT2D eigenvalue weighted by atomic mass is 19.1. The van der Waals surface area contributed by atoms with Crippen molar-refractivity contribution in [2.24, 2.45) is 0 Å². The monoisotopic (exact) mass is 284 g/mol. The fraction of sp³-hybridized carbons (Fsp3) is 0. The van der Waals surface area contributed by atoms with E-state index in [9.17, 15) is 14.0 Å². The average Bonchev–Trinajstić information content (AvgIpc) is 2.52. The molecule has 21 heavy (non-hydrogen) atoms. The van der Waals surface area contributed by atoms with E-state index in [-0.39, 0.29) is 5.56 Å². The number of hydrazine groups is 1. The maximum Gasteiger partial charge on any atom is 0.269 e. The minimum Gasteiger partial charge on any atom is -0.268 e. The fourth-order valence-corrected chi connectivity index (χ4v) is 1.57. The molecular formula is C16H13FN2O2. The summed E-state index contributed by atoms with van der Waals surface area (Å²) < 4.78 is 12.7. The van der Waals surface area contributed by atoms with Gasteiger partial charge in [0.15, 0.2) is 0 Å². The number of nitrogens with one attached hydrogen (secondary N) is 2. The molecule has 0 bridgehead atoms. The van der Waals surface area contributed by atoms with Crippen molar-refractivity contribution in [3.05, 3.63) is 77.6 Å². The molecule has 0 saturated carbocycles. The summed E-state index contributed by atoms with van der Waals surface area (Å²) in [5.41, 5.74) is 5.62. The van der Waals surface area contributed by atoms with Crippen LogP contribution in [0.5, 0.6) is 0 Å². The van der Waals surface area contributed by atoms with Gasteiger partial charge in [-0.15, -0.1) is 0 Å². The zero-order valence-corrected chi connectivity index (χ0v) is 11.0. The van der Waals surface area contributed by atoms with Gasteiger partial charge in [-0.05, 0) is 35.9 Å². The summed E-state index contributed by atoms with van der Waals surface area (Å²) in [7, 11) is 0. The lowest BCUT2D eigenvalue weighted by molar-refractivity contribution is -0.117. The summed E-state index contributed by atoms with van der Waals surface area (Å²) in [6.07, 6.45) is 2.93. The lowest BCUT2D eigenvalue weighted by atomic mass is 10.2. The summed E-state index contributed by atoms with van der Waals surface area (Å²) in [5, 5.41) is 0.